The number of morpholine rings is 1. The standard InChI is InChI=1S/C28H30F2N6O4S/c1-2-40-23-15-18(19-4-3-5-20(25(19)30)22(29)8-9-33-41(37)38)14-21-26(23)34-27(17-6-7-24(31)32-16-17)35-28(21)36-10-12-39-13-11-36/h3-7,14-16,22,33H,2,8-13H2,1H3,(H2,31,32)(H,37,38). The number of aromatic nitrogens is 3. The van der Waals surface area contributed by atoms with E-state index in [-0.39, 0.29) is 24.1 Å². The second-order valence-electron chi connectivity index (χ2n) is 9.35. The maximum absolute atomic E-state index is 15.8. The highest BCUT2D eigenvalue weighted by Gasteiger charge is 2.23. The van der Waals surface area contributed by atoms with Crippen LogP contribution in [0, 0.1) is 5.82 Å². The number of hydrogen-bond donors (Lipinski definition) is 3. The number of alkyl halides is 1. The molecular formula is C28H30F2N6O4S. The van der Waals surface area contributed by atoms with E-state index in [9.17, 15) is 8.60 Å². The normalized spacial score (nSPS) is 15.2. The number of nitrogens with zero attached hydrogens (tertiary/aromatic N) is 4. The molecule has 2 unspecified atom stereocenters. The predicted molar refractivity (Wildman–Crippen MR) is 154 cm³/mol. The van der Waals surface area contributed by atoms with Crippen LogP contribution in [0.3, 0.4) is 0 Å². The van der Waals surface area contributed by atoms with E-state index in [0.29, 0.717) is 78.1 Å². The monoisotopic (exact) mass is 584 g/mol. The summed E-state index contributed by atoms with van der Waals surface area (Å²) in [5, 5.41) is 0.649. The van der Waals surface area contributed by atoms with Crippen molar-refractivity contribution >= 4 is 33.8 Å². The molecule has 13 heteroatoms. The summed E-state index contributed by atoms with van der Waals surface area (Å²) in [5.41, 5.74) is 7.52. The second-order valence-corrected chi connectivity index (χ2v) is 10.1. The van der Waals surface area contributed by atoms with Gasteiger partial charge in [0.1, 0.15) is 34.9 Å². The Morgan fingerprint density at radius 3 is 2.71 bits per heavy atom. The minimum absolute atomic E-state index is 0.0927. The number of anilines is 2. The molecule has 2 aromatic heterocycles. The number of ether oxygens (including phenoxy) is 2. The molecule has 0 aliphatic carbocycles. The lowest BCUT2D eigenvalue weighted by molar-refractivity contribution is 0.122. The van der Waals surface area contributed by atoms with Crippen molar-refractivity contribution in [3.8, 4) is 28.3 Å². The molecule has 1 saturated heterocycles. The zero-order valence-electron chi connectivity index (χ0n) is 22.3. The molecule has 0 spiro atoms. The Morgan fingerprint density at radius 2 is 2.00 bits per heavy atom. The van der Waals surface area contributed by atoms with Gasteiger partial charge in [-0.25, -0.2) is 32.7 Å². The average Bonchev–Trinajstić information content (AvgIpc) is 2.97. The zero-order chi connectivity index (χ0) is 28.9. The molecule has 10 nitrogen and oxygen atoms in total. The molecule has 2 atom stereocenters. The summed E-state index contributed by atoms with van der Waals surface area (Å²) in [6.07, 6.45) is -0.246. The number of halogens is 2. The SMILES string of the molecule is CCOc1cc(-c2cccc(C(F)CCNS(=O)O)c2F)cc2c(N3CCOCC3)nc(-c3ccc(N)nc3)nc12. The summed E-state index contributed by atoms with van der Waals surface area (Å²) in [6, 6.07) is 11.5. The van der Waals surface area contributed by atoms with Crippen LogP contribution in [0.15, 0.2) is 48.7 Å². The van der Waals surface area contributed by atoms with Gasteiger partial charge in [-0.2, -0.15) is 0 Å². The van der Waals surface area contributed by atoms with Crippen molar-refractivity contribution in [2.75, 3.05) is 50.1 Å². The highest BCUT2D eigenvalue weighted by atomic mass is 32.2. The number of nitrogens with one attached hydrogen (secondary N) is 1. The maximum Gasteiger partial charge on any atom is 0.231 e. The topological polar surface area (TPSA) is 136 Å². The first kappa shape index (κ1) is 28.7. The number of nitrogen functional groups attached to an aromatic ring is 1. The van der Waals surface area contributed by atoms with Crippen LogP contribution in [-0.2, 0) is 16.0 Å². The molecule has 0 bridgehead atoms. The molecule has 0 radical (unpaired) electrons. The van der Waals surface area contributed by atoms with Gasteiger partial charge in [0.2, 0.25) is 11.3 Å². The van der Waals surface area contributed by atoms with Crippen LogP contribution in [0.1, 0.15) is 25.1 Å². The van der Waals surface area contributed by atoms with E-state index in [2.05, 4.69) is 14.6 Å². The fourth-order valence-corrected chi connectivity index (χ4v) is 5.02. The molecule has 216 valence electrons. The van der Waals surface area contributed by atoms with Crippen LogP contribution in [0.25, 0.3) is 33.4 Å². The second kappa shape index (κ2) is 12.8. The zero-order valence-corrected chi connectivity index (χ0v) is 23.2. The summed E-state index contributed by atoms with van der Waals surface area (Å²) in [4.78, 5) is 16.0. The molecule has 0 saturated carbocycles. The van der Waals surface area contributed by atoms with E-state index in [1.165, 1.54) is 6.07 Å². The molecule has 1 aliphatic rings. The van der Waals surface area contributed by atoms with Crippen LogP contribution in [-0.4, -0.2) is 63.2 Å². The van der Waals surface area contributed by atoms with Gasteiger partial charge in [-0.1, -0.05) is 18.2 Å². The van der Waals surface area contributed by atoms with E-state index in [1.807, 2.05) is 6.92 Å². The summed E-state index contributed by atoms with van der Waals surface area (Å²) in [5.74, 6) is 1.16. The number of fused-ring (bicyclic) bond motifs is 1. The molecule has 2 aromatic carbocycles. The van der Waals surface area contributed by atoms with Crippen molar-refractivity contribution in [1.82, 2.24) is 19.7 Å². The maximum atomic E-state index is 15.8. The first-order valence-electron chi connectivity index (χ1n) is 13.2. The highest BCUT2D eigenvalue weighted by molar-refractivity contribution is 7.77. The smallest absolute Gasteiger partial charge is 0.231 e. The van der Waals surface area contributed by atoms with Gasteiger partial charge < -0.3 is 20.1 Å². The summed E-state index contributed by atoms with van der Waals surface area (Å²) in [7, 11) is 0. The van der Waals surface area contributed by atoms with E-state index >= 15 is 4.39 Å². The predicted octanol–water partition coefficient (Wildman–Crippen LogP) is 4.44. The van der Waals surface area contributed by atoms with Gasteiger partial charge in [0, 0.05) is 47.9 Å². The van der Waals surface area contributed by atoms with Gasteiger partial charge in [0.15, 0.2) is 5.82 Å². The molecule has 1 aliphatic heterocycles. The van der Waals surface area contributed by atoms with Crippen molar-refractivity contribution < 1.29 is 27.0 Å². The average molecular weight is 585 g/mol. The molecule has 3 heterocycles. The first-order chi connectivity index (χ1) is 19.9. The molecule has 4 aromatic rings. The molecule has 5 rings (SSSR count). The van der Waals surface area contributed by atoms with Gasteiger partial charge in [-0.05, 0) is 43.2 Å². The molecular weight excluding hydrogens is 554 g/mol. The largest absolute Gasteiger partial charge is 0.492 e. The summed E-state index contributed by atoms with van der Waals surface area (Å²) < 4.78 is 64.3. The van der Waals surface area contributed by atoms with Crippen LogP contribution in [0.5, 0.6) is 5.75 Å². The van der Waals surface area contributed by atoms with Gasteiger partial charge in [0.05, 0.1) is 19.8 Å². The molecule has 41 heavy (non-hydrogen) atoms. The lowest BCUT2D eigenvalue weighted by Gasteiger charge is -2.29. The highest BCUT2D eigenvalue weighted by Crippen LogP contribution is 2.39. The molecule has 1 fully saturated rings. The van der Waals surface area contributed by atoms with Gasteiger partial charge in [-0.3, -0.25) is 4.55 Å². The van der Waals surface area contributed by atoms with Crippen LogP contribution in [0.2, 0.25) is 0 Å². The quantitative estimate of drug-likeness (QED) is 0.231. The van der Waals surface area contributed by atoms with Gasteiger partial charge in [0.25, 0.3) is 0 Å². The van der Waals surface area contributed by atoms with Crippen molar-refractivity contribution in [3.05, 3.63) is 60.0 Å². The van der Waals surface area contributed by atoms with Crippen molar-refractivity contribution in [3.63, 3.8) is 0 Å². The van der Waals surface area contributed by atoms with E-state index in [1.54, 1.807) is 42.6 Å². The van der Waals surface area contributed by atoms with Crippen molar-refractivity contribution in [1.29, 1.82) is 0 Å². The number of pyridine rings is 1. The van der Waals surface area contributed by atoms with Gasteiger partial charge >= 0.3 is 0 Å². The number of rotatable bonds is 10. The number of nitrogens with two attached hydrogens (primary N) is 1. The van der Waals surface area contributed by atoms with Crippen LogP contribution >= 0.6 is 0 Å². The van der Waals surface area contributed by atoms with Crippen molar-refractivity contribution in [2.24, 2.45) is 0 Å². The summed E-state index contributed by atoms with van der Waals surface area (Å²) >= 11 is -2.27. The van der Waals surface area contributed by atoms with E-state index in [0.717, 1.165) is 0 Å². The fourth-order valence-electron chi connectivity index (χ4n) is 4.73. The van der Waals surface area contributed by atoms with E-state index in [4.69, 9.17) is 29.7 Å². The third kappa shape index (κ3) is 6.43. The Hall–Kier alpha value is -3.78. The lowest BCUT2D eigenvalue weighted by Crippen LogP contribution is -2.37. The lowest BCUT2D eigenvalue weighted by atomic mass is 9.97. The summed E-state index contributed by atoms with van der Waals surface area (Å²) in [6.45, 7) is 4.33. The Kier molecular flexibility index (Phi) is 8.98. The van der Waals surface area contributed by atoms with Crippen molar-refractivity contribution in [2.45, 2.75) is 19.5 Å². The van der Waals surface area contributed by atoms with Crippen LogP contribution < -0.4 is 20.1 Å². The third-order valence-electron chi connectivity index (χ3n) is 6.70. The molecule has 4 N–H and O–H groups in total. The third-order valence-corrected chi connectivity index (χ3v) is 7.15. The van der Waals surface area contributed by atoms with Gasteiger partial charge in [-0.15, -0.1) is 0 Å². The number of hydrogen-bond acceptors (Lipinski definition) is 8. The fraction of sp³-hybridized carbons (Fsp3) is 0.321. The minimum Gasteiger partial charge on any atom is -0.492 e. The Labute approximate surface area is 238 Å². The van der Waals surface area contributed by atoms with E-state index < -0.39 is 23.3 Å². The van der Waals surface area contributed by atoms with Crippen LogP contribution in [0.4, 0.5) is 20.4 Å². The first-order valence-corrected chi connectivity index (χ1v) is 14.3. The Bertz CT molecular complexity index is 1550. The molecule has 0 amide bonds. The number of benzene rings is 2. The Morgan fingerprint density at radius 1 is 1.20 bits per heavy atom. The minimum atomic E-state index is -2.27. The Balaban J connectivity index is 1.65.